The van der Waals surface area contributed by atoms with Crippen molar-refractivity contribution < 1.29 is 13.2 Å². The molecule has 0 bridgehead atoms. The van der Waals surface area contributed by atoms with Crippen LogP contribution in [-0.2, 0) is 14.8 Å². The highest BCUT2D eigenvalue weighted by molar-refractivity contribution is 7.89. The van der Waals surface area contributed by atoms with Crippen LogP contribution in [0.25, 0.3) is 0 Å². The van der Waals surface area contributed by atoms with Gasteiger partial charge in [0.15, 0.2) is 0 Å². The fraction of sp³-hybridized carbons (Fsp3) is 0.409. The van der Waals surface area contributed by atoms with Crippen molar-refractivity contribution in [1.82, 2.24) is 9.21 Å². The van der Waals surface area contributed by atoms with Crippen LogP contribution >= 0.6 is 11.6 Å². The second-order valence-corrected chi connectivity index (χ2v) is 10.2. The van der Waals surface area contributed by atoms with E-state index in [0.717, 1.165) is 16.8 Å². The molecule has 0 atom stereocenters. The van der Waals surface area contributed by atoms with E-state index >= 15 is 0 Å². The number of hydrogen-bond acceptors (Lipinski definition) is 4. The van der Waals surface area contributed by atoms with Gasteiger partial charge in [-0.05, 0) is 36.1 Å². The van der Waals surface area contributed by atoms with Gasteiger partial charge in [-0.2, -0.15) is 4.31 Å². The number of carbonyl (C=O) groups excluding carboxylic acids is 1. The third-order valence-corrected chi connectivity index (χ3v) is 7.74. The molecule has 0 aromatic heterocycles. The molecule has 2 aromatic rings. The minimum atomic E-state index is -3.64. The Morgan fingerprint density at radius 3 is 2.37 bits per heavy atom. The lowest BCUT2D eigenvalue weighted by Crippen LogP contribution is -2.50. The zero-order chi connectivity index (χ0) is 21.9. The van der Waals surface area contributed by atoms with Crippen molar-refractivity contribution in [1.29, 1.82) is 0 Å². The smallest absolute Gasteiger partial charge is 0.244 e. The lowest BCUT2D eigenvalue weighted by atomic mass is 9.98. The average molecular weight is 450 g/mol. The lowest BCUT2D eigenvalue weighted by Gasteiger charge is -2.33. The molecule has 0 saturated carbocycles. The molecule has 2 aromatic carbocycles. The molecule has 0 radical (unpaired) electrons. The standard InChI is InChI=1S/C22H28ClN3O3S/c1-16(2)18-8-6-7-17(3)22(18)24-21(27)15-25-11-13-26(14-12-25)30(28,29)20-10-5-4-9-19(20)23/h4-10,16H,11-15H2,1-3H3,(H,24,27). The van der Waals surface area contributed by atoms with Gasteiger partial charge < -0.3 is 5.32 Å². The number of halogens is 1. The summed E-state index contributed by atoms with van der Waals surface area (Å²) in [5.74, 6) is 0.215. The van der Waals surface area contributed by atoms with Gasteiger partial charge in [0.25, 0.3) is 0 Å². The highest BCUT2D eigenvalue weighted by Crippen LogP contribution is 2.28. The number of nitrogens with one attached hydrogen (secondary N) is 1. The first-order chi connectivity index (χ1) is 14.2. The number of hydrogen-bond donors (Lipinski definition) is 1. The van der Waals surface area contributed by atoms with E-state index in [1.54, 1.807) is 18.2 Å². The van der Waals surface area contributed by atoms with Crippen molar-refractivity contribution >= 4 is 33.2 Å². The molecule has 1 amide bonds. The Hall–Kier alpha value is -1.93. The van der Waals surface area contributed by atoms with Crippen LogP contribution in [0, 0.1) is 6.92 Å². The summed E-state index contributed by atoms with van der Waals surface area (Å²) in [5, 5.41) is 3.27. The van der Waals surface area contributed by atoms with Gasteiger partial charge >= 0.3 is 0 Å². The molecule has 8 heteroatoms. The Balaban J connectivity index is 1.60. The van der Waals surface area contributed by atoms with E-state index < -0.39 is 10.0 Å². The van der Waals surface area contributed by atoms with Crippen molar-refractivity contribution in [2.75, 3.05) is 38.0 Å². The molecular weight excluding hydrogens is 422 g/mol. The largest absolute Gasteiger partial charge is 0.324 e. The SMILES string of the molecule is Cc1cccc(C(C)C)c1NC(=O)CN1CCN(S(=O)(=O)c2ccccc2Cl)CC1. The summed E-state index contributed by atoms with van der Waals surface area (Å²) in [6.07, 6.45) is 0. The summed E-state index contributed by atoms with van der Waals surface area (Å²) in [6, 6.07) is 12.5. The molecule has 1 aliphatic rings. The summed E-state index contributed by atoms with van der Waals surface area (Å²) in [7, 11) is -3.64. The van der Waals surface area contributed by atoms with Crippen LogP contribution in [0.15, 0.2) is 47.4 Å². The lowest BCUT2D eigenvalue weighted by molar-refractivity contribution is -0.117. The van der Waals surface area contributed by atoms with E-state index in [-0.39, 0.29) is 22.4 Å². The van der Waals surface area contributed by atoms with Crippen LogP contribution in [-0.4, -0.2) is 56.3 Å². The normalized spacial score (nSPS) is 16.0. The number of sulfonamides is 1. The van der Waals surface area contributed by atoms with Gasteiger partial charge in [0.1, 0.15) is 4.90 Å². The number of nitrogens with zero attached hydrogens (tertiary/aromatic N) is 2. The molecule has 6 nitrogen and oxygen atoms in total. The topological polar surface area (TPSA) is 69.7 Å². The van der Waals surface area contributed by atoms with Crippen molar-refractivity contribution in [3.05, 3.63) is 58.6 Å². The molecular formula is C22H28ClN3O3S. The second-order valence-electron chi connectivity index (χ2n) is 7.85. The first kappa shape index (κ1) is 22.7. The van der Waals surface area contributed by atoms with Crippen LogP contribution in [0.3, 0.4) is 0 Å². The zero-order valence-electron chi connectivity index (χ0n) is 17.6. The third-order valence-electron chi connectivity index (χ3n) is 5.34. The summed E-state index contributed by atoms with van der Waals surface area (Å²) >= 11 is 6.08. The van der Waals surface area contributed by atoms with E-state index in [9.17, 15) is 13.2 Å². The molecule has 0 unspecified atom stereocenters. The highest BCUT2D eigenvalue weighted by atomic mass is 35.5. The molecule has 30 heavy (non-hydrogen) atoms. The van der Waals surface area contributed by atoms with Crippen LogP contribution in [0.2, 0.25) is 5.02 Å². The minimum absolute atomic E-state index is 0.0892. The van der Waals surface area contributed by atoms with E-state index in [4.69, 9.17) is 11.6 Å². The molecule has 1 saturated heterocycles. The third kappa shape index (κ3) is 5.03. The van der Waals surface area contributed by atoms with Crippen molar-refractivity contribution in [2.45, 2.75) is 31.6 Å². The highest BCUT2D eigenvalue weighted by Gasteiger charge is 2.30. The molecule has 0 aliphatic carbocycles. The van der Waals surface area contributed by atoms with Crippen molar-refractivity contribution in [3.8, 4) is 0 Å². The van der Waals surface area contributed by atoms with Crippen LogP contribution in [0.1, 0.15) is 30.9 Å². The minimum Gasteiger partial charge on any atom is -0.324 e. The van der Waals surface area contributed by atoms with Crippen LogP contribution in [0.4, 0.5) is 5.69 Å². The van der Waals surface area contributed by atoms with Crippen LogP contribution in [0.5, 0.6) is 0 Å². The Morgan fingerprint density at radius 2 is 1.73 bits per heavy atom. The first-order valence-corrected chi connectivity index (χ1v) is 11.9. The van der Waals surface area contributed by atoms with E-state index in [2.05, 4.69) is 19.2 Å². The number of anilines is 1. The number of piperazine rings is 1. The Bertz CT molecular complexity index is 1020. The number of rotatable bonds is 6. The zero-order valence-corrected chi connectivity index (χ0v) is 19.1. The molecule has 1 heterocycles. The number of aryl methyl sites for hydroxylation is 1. The Morgan fingerprint density at radius 1 is 1.07 bits per heavy atom. The molecule has 162 valence electrons. The van der Waals surface area contributed by atoms with Gasteiger partial charge in [-0.25, -0.2) is 8.42 Å². The van der Waals surface area contributed by atoms with Gasteiger partial charge in [0.05, 0.1) is 11.6 Å². The van der Waals surface area contributed by atoms with E-state index in [1.807, 2.05) is 30.0 Å². The van der Waals surface area contributed by atoms with Gasteiger partial charge in [-0.1, -0.05) is 55.8 Å². The number of benzene rings is 2. The average Bonchev–Trinajstić information content (AvgIpc) is 2.70. The van der Waals surface area contributed by atoms with E-state index in [1.165, 1.54) is 10.4 Å². The first-order valence-electron chi connectivity index (χ1n) is 10.1. The summed E-state index contributed by atoms with van der Waals surface area (Å²) in [5.41, 5.74) is 3.02. The summed E-state index contributed by atoms with van der Waals surface area (Å²) in [4.78, 5) is 14.7. The van der Waals surface area contributed by atoms with Gasteiger partial charge in [-0.15, -0.1) is 0 Å². The molecule has 1 fully saturated rings. The Labute approximate surface area is 183 Å². The fourth-order valence-electron chi connectivity index (χ4n) is 3.65. The van der Waals surface area contributed by atoms with Crippen LogP contribution < -0.4 is 5.32 Å². The number of carbonyl (C=O) groups is 1. The quantitative estimate of drug-likeness (QED) is 0.729. The molecule has 3 rings (SSSR count). The van der Waals surface area contributed by atoms with Gasteiger partial charge in [0, 0.05) is 31.9 Å². The van der Waals surface area contributed by atoms with Crippen molar-refractivity contribution in [3.63, 3.8) is 0 Å². The monoisotopic (exact) mass is 449 g/mol. The Kier molecular flexibility index (Phi) is 7.18. The molecule has 1 aliphatic heterocycles. The predicted molar refractivity (Wildman–Crippen MR) is 121 cm³/mol. The summed E-state index contributed by atoms with van der Waals surface area (Å²) in [6.45, 7) is 8.03. The van der Waals surface area contributed by atoms with Crippen molar-refractivity contribution in [2.24, 2.45) is 0 Å². The maximum Gasteiger partial charge on any atom is 0.244 e. The van der Waals surface area contributed by atoms with E-state index in [0.29, 0.717) is 32.1 Å². The maximum atomic E-state index is 12.9. The second kappa shape index (κ2) is 9.47. The predicted octanol–water partition coefficient (Wildman–Crippen LogP) is 3.72. The molecule has 0 spiro atoms. The number of amides is 1. The van der Waals surface area contributed by atoms with Gasteiger partial charge in [-0.3, -0.25) is 9.69 Å². The van der Waals surface area contributed by atoms with Gasteiger partial charge in [0.2, 0.25) is 15.9 Å². The fourth-order valence-corrected chi connectivity index (χ4v) is 5.56. The summed E-state index contributed by atoms with van der Waals surface area (Å²) < 4.78 is 27.2. The maximum absolute atomic E-state index is 12.9. The molecule has 1 N–H and O–H groups in total. The number of para-hydroxylation sites is 1.